The number of carbonyl (C=O) groups excluding carboxylic acids is 1. The van der Waals surface area contributed by atoms with Crippen LogP contribution in [-0.2, 0) is 3.79 Å². The molecule has 4 heteroatoms. The van der Waals surface area contributed by atoms with E-state index in [9.17, 15) is 9.90 Å². The van der Waals surface area contributed by atoms with Gasteiger partial charge in [-0.3, -0.25) is 0 Å². The lowest BCUT2D eigenvalue weighted by atomic mass is 10.1. The van der Waals surface area contributed by atoms with E-state index in [1.165, 1.54) is 0 Å². The van der Waals surface area contributed by atoms with Crippen molar-refractivity contribution < 1.29 is 13.7 Å². The van der Waals surface area contributed by atoms with Gasteiger partial charge in [-0.1, -0.05) is 30.1 Å². The van der Waals surface area contributed by atoms with Crippen LogP contribution in [0.2, 0.25) is 5.79 Å². The van der Waals surface area contributed by atoms with Crippen molar-refractivity contribution >= 4 is 32.3 Å². The van der Waals surface area contributed by atoms with Crippen LogP contribution in [0.25, 0.3) is 10.8 Å². The summed E-state index contributed by atoms with van der Waals surface area (Å²) in [6.07, 6.45) is 0. The van der Waals surface area contributed by atoms with E-state index < -0.39 is 5.97 Å². The van der Waals surface area contributed by atoms with Crippen molar-refractivity contribution in [3.05, 3.63) is 42.0 Å². The first-order valence-electron chi connectivity index (χ1n) is 4.93. The summed E-state index contributed by atoms with van der Waals surface area (Å²) in [7, 11) is 0. The van der Waals surface area contributed by atoms with Crippen molar-refractivity contribution in [3.63, 3.8) is 0 Å². The summed E-state index contributed by atoms with van der Waals surface area (Å²) in [5.74, 6) is 1.33. The number of carbonyl (C=O) groups is 1. The first-order valence-corrected chi connectivity index (χ1v) is 6.55. The van der Waals surface area contributed by atoms with E-state index in [0.717, 1.165) is 10.8 Å². The molecule has 0 saturated carbocycles. The van der Waals surface area contributed by atoms with Crippen LogP contribution in [0.15, 0.2) is 36.4 Å². The largest absolute Gasteiger partial charge is 0.618 e. The fraction of sp³-hybridized carbons (Fsp3) is 0.0833. The van der Waals surface area contributed by atoms with Crippen LogP contribution in [0, 0.1) is 0 Å². The lowest BCUT2D eigenvalue weighted by Gasteiger charge is -2.07. The van der Waals surface area contributed by atoms with E-state index >= 15 is 0 Å². The number of aromatic hydroxyl groups is 1. The van der Waals surface area contributed by atoms with Crippen LogP contribution in [-0.4, -0.2) is 26.6 Å². The van der Waals surface area contributed by atoms with Crippen LogP contribution in [0.1, 0.15) is 10.4 Å². The number of hydrogen-bond acceptors (Lipinski definition) is 3. The third-order valence-corrected chi connectivity index (χ3v) is 2.76. The average molecular weight is 229 g/mol. The minimum atomic E-state index is -0.458. The fourth-order valence-electron chi connectivity index (χ4n) is 1.56. The van der Waals surface area contributed by atoms with E-state index in [1.54, 1.807) is 12.1 Å². The first-order chi connectivity index (χ1) is 7.72. The minimum Gasteiger partial charge on any atom is -0.618 e. The van der Waals surface area contributed by atoms with Crippen molar-refractivity contribution in [1.29, 1.82) is 0 Å². The van der Waals surface area contributed by atoms with Gasteiger partial charge in [0.1, 0.15) is 5.75 Å². The van der Waals surface area contributed by atoms with Crippen LogP contribution in [0.5, 0.6) is 5.75 Å². The lowest BCUT2D eigenvalue weighted by molar-refractivity contribution is 0.0740. The Labute approximate surface area is 99.7 Å². The molecule has 0 aliphatic rings. The number of fused-ring (bicyclic) bond motifs is 1. The number of phenolic OH excluding ortho intramolecular Hbond substituents is 1. The highest BCUT2D eigenvalue weighted by Crippen LogP contribution is 2.25. The second-order valence-electron chi connectivity index (χ2n) is 3.36. The van der Waals surface area contributed by atoms with Gasteiger partial charge in [0, 0.05) is 0 Å². The van der Waals surface area contributed by atoms with Crippen LogP contribution >= 0.6 is 0 Å². The third kappa shape index (κ3) is 2.04. The molecule has 1 radical (unpaired) electrons. The van der Waals surface area contributed by atoms with Gasteiger partial charge in [-0.05, 0) is 22.9 Å². The number of benzene rings is 2. The van der Waals surface area contributed by atoms with Crippen molar-refractivity contribution in [3.8, 4) is 5.75 Å². The Hall–Kier alpha value is -1.50. The zero-order valence-electron chi connectivity index (χ0n) is 8.81. The summed E-state index contributed by atoms with van der Waals surface area (Å²) < 4.78 is 4.94. The molecule has 0 atom stereocenters. The smallest absolute Gasteiger partial charge is 0.522 e. The van der Waals surface area contributed by atoms with Gasteiger partial charge >= 0.3 is 21.5 Å². The Morgan fingerprint density at radius 2 is 1.88 bits per heavy atom. The van der Waals surface area contributed by atoms with Gasteiger partial charge in [0.15, 0.2) is 0 Å². The molecule has 0 aromatic heterocycles. The first kappa shape index (κ1) is 11.0. The Kier molecular flexibility index (Phi) is 3.14. The quantitative estimate of drug-likeness (QED) is 0.804. The second-order valence-corrected chi connectivity index (χ2v) is 4.06. The zero-order chi connectivity index (χ0) is 11.5. The molecule has 3 nitrogen and oxygen atoms in total. The van der Waals surface area contributed by atoms with Gasteiger partial charge in [0.25, 0.3) is 0 Å². The second kappa shape index (κ2) is 4.56. The third-order valence-electron chi connectivity index (χ3n) is 2.31. The molecular formula is C12H10AlO3. The Bertz CT molecular complexity index is 537. The van der Waals surface area contributed by atoms with Gasteiger partial charge in [-0.25, -0.2) is 4.79 Å². The summed E-state index contributed by atoms with van der Waals surface area (Å²) in [6, 6.07) is 10.8. The van der Waals surface area contributed by atoms with E-state index in [0.29, 0.717) is 0 Å². The normalized spacial score (nSPS) is 10.1. The molecule has 0 aliphatic heterocycles. The Balaban J connectivity index is 2.54. The molecule has 0 spiro atoms. The number of phenols is 1. The molecule has 2 aromatic rings. The number of rotatable bonds is 2. The summed E-state index contributed by atoms with van der Waals surface area (Å²) in [5.41, 5.74) is 0.230. The standard InChI is InChI=1S/C11H8O3.CH3.Al/c12-10-6-8-4-2-1-3-7(8)5-9(10)11(13)14;;/h1-6,12H,(H,13,14);1H3;/q;;+1/p-1. The van der Waals surface area contributed by atoms with Gasteiger partial charge in [-0.15, -0.1) is 0 Å². The van der Waals surface area contributed by atoms with Crippen LogP contribution in [0.4, 0.5) is 0 Å². The van der Waals surface area contributed by atoms with Crippen molar-refractivity contribution in [2.75, 3.05) is 0 Å². The maximum absolute atomic E-state index is 11.5. The van der Waals surface area contributed by atoms with E-state index in [2.05, 4.69) is 0 Å². The molecule has 0 fully saturated rings. The lowest BCUT2D eigenvalue weighted by Crippen LogP contribution is -2.06. The zero-order valence-corrected chi connectivity index (χ0v) is 9.96. The maximum atomic E-state index is 11.5. The van der Waals surface area contributed by atoms with Crippen molar-refractivity contribution in [2.45, 2.75) is 5.79 Å². The van der Waals surface area contributed by atoms with Crippen molar-refractivity contribution in [2.24, 2.45) is 0 Å². The van der Waals surface area contributed by atoms with Crippen molar-refractivity contribution in [1.82, 2.24) is 0 Å². The molecule has 0 saturated heterocycles. The van der Waals surface area contributed by atoms with Crippen LogP contribution in [0.3, 0.4) is 0 Å². The molecule has 16 heavy (non-hydrogen) atoms. The summed E-state index contributed by atoms with van der Waals surface area (Å²) in [6.45, 7) is 0. The Morgan fingerprint density at radius 3 is 2.50 bits per heavy atom. The molecule has 0 amide bonds. The average Bonchev–Trinajstić information content (AvgIpc) is 2.28. The van der Waals surface area contributed by atoms with E-state index in [-0.39, 0.29) is 26.9 Å². The molecule has 2 aromatic carbocycles. The van der Waals surface area contributed by atoms with E-state index in [1.807, 2.05) is 30.1 Å². The molecule has 79 valence electrons. The summed E-state index contributed by atoms with van der Waals surface area (Å²) in [5, 5.41) is 11.5. The molecule has 0 heterocycles. The van der Waals surface area contributed by atoms with E-state index in [4.69, 9.17) is 3.79 Å². The highest BCUT2D eigenvalue weighted by atomic mass is 27.1. The monoisotopic (exact) mass is 229 g/mol. The van der Waals surface area contributed by atoms with Gasteiger partial charge in [0.05, 0.1) is 5.56 Å². The highest BCUT2D eigenvalue weighted by molar-refractivity contribution is 6.29. The topological polar surface area (TPSA) is 46.5 Å². The summed E-state index contributed by atoms with van der Waals surface area (Å²) >= 11 is -0.365. The maximum Gasteiger partial charge on any atom is 0.522 e. The molecular weight excluding hydrogens is 219 g/mol. The number of hydrogen-bond donors (Lipinski definition) is 1. The van der Waals surface area contributed by atoms with Crippen LogP contribution < -0.4 is 0 Å². The molecule has 1 N–H and O–H groups in total. The van der Waals surface area contributed by atoms with Gasteiger partial charge < -0.3 is 8.90 Å². The minimum absolute atomic E-state index is 0.0310. The molecule has 2 rings (SSSR count). The SMILES string of the molecule is [CH3][Al][O]C(=O)c1cc2ccccc2cc1O. The Morgan fingerprint density at radius 1 is 1.25 bits per heavy atom. The molecule has 0 unspecified atom stereocenters. The summed E-state index contributed by atoms with van der Waals surface area (Å²) in [4.78, 5) is 11.5. The highest BCUT2D eigenvalue weighted by Gasteiger charge is 2.12. The predicted molar refractivity (Wildman–Crippen MR) is 62.6 cm³/mol. The van der Waals surface area contributed by atoms with Gasteiger partial charge in [-0.2, -0.15) is 0 Å². The molecule has 0 bridgehead atoms. The fourth-order valence-corrected chi connectivity index (χ4v) is 1.90. The van der Waals surface area contributed by atoms with Gasteiger partial charge in [0.2, 0.25) is 0 Å². The molecule has 0 aliphatic carbocycles. The predicted octanol–water partition coefficient (Wildman–Crippen LogP) is 2.37.